The molecule has 0 radical (unpaired) electrons. The third-order valence-electron chi connectivity index (χ3n) is 2.73. The number of hydrogen-bond donors (Lipinski definition) is 0. The summed E-state index contributed by atoms with van der Waals surface area (Å²) in [6.07, 6.45) is 5.10. The summed E-state index contributed by atoms with van der Waals surface area (Å²) in [4.78, 5) is 12.9. The molecule has 1 aromatic carbocycles. The van der Waals surface area contributed by atoms with Gasteiger partial charge in [-0.25, -0.2) is 0 Å². The molecular weight excluding hydrogens is 222 g/mol. The Morgan fingerprint density at radius 1 is 1.50 bits per heavy atom. The van der Waals surface area contributed by atoms with Crippen LogP contribution in [0.3, 0.4) is 0 Å². The Bertz CT molecular complexity index is 412. The number of aldehydes is 1. The lowest BCUT2D eigenvalue weighted by atomic mass is 10.2. The van der Waals surface area contributed by atoms with E-state index in [0.29, 0.717) is 16.6 Å². The molecular formula is C13H14ClNO. The molecule has 1 aromatic rings. The Labute approximate surface area is 101 Å². The number of rotatable bonds is 5. The summed E-state index contributed by atoms with van der Waals surface area (Å²) in [7, 11) is 0. The third kappa shape index (κ3) is 2.27. The third-order valence-corrected chi connectivity index (χ3v) is 3.03. The Hall–Kier alpha value is -1.28. The van der Waals surface area contributed by atoms with E-state index in [1.807, 2.05) is 12.1 Å². The largest absolute Gasteiger partial charge is 0.364 e. The number of halogens is 1. The molecule has 3 heteroatoms. The summed E-state index contributed by atoms with van der Waals surface area (Å²) in [5, 5.41) is 0.637. The summed E-state index contributed by atoms with van der Waals surface area (Å²) < 4.78 is 0. The van der Waals surface area contributed by atoms with Crippen LogP contribution >= 0.6 is 11.6 Å². The van der Waals surface area contributed by atoms with Crippen LogP contribution < -0.4 is 4.90 Å². The first-order chi connectivity index (χ1) is 7.76. The van der Waals surface area contributed by atoms with Crippen molar-refractivity contribution in [3.63, 3.8) is 0 Å². The number of nitrogens with zero attached hydrogens (tertiary/aromatic N) is 1. The quantitative estimate of drug-likeness (QED) is 0.577. The van der Waals surface area contributed by atoms with E-state index < -0.39 is 0 Å². The highest BCUT2D eigenvalue weighted by molar-refractivity contribution is 6.33. The van der Waals surface area contributed by atoms with Crippen molar-refractivity contribution in [3.8, 4) is 0 Å². The highest BCUT2D eigenvalue weighted by Crippen LogP contribution is 2.35. The Morgan fingerprint density at radius 2 is 2.25 bits per heavy atom. The molecule has 0 spiro atoms. The number of anilines is 1. The van der Waals surface area contributed by atoms with Gasteiger partial charge >= 0.3 is 0 Å². The predicted octanol–water partition coefficient (Wildman–Crippen LogP) is 3.31. The van der Waals surface area contributed by atoms with E-state index in [1.54, 1.807) is 12.1 Å². The van der Waals surface area contributed by atoms with Crippen molar-refractivity contribution in [2.24, 2.45) is 0 Å². The zero-order chi connectivity index (χ0) is 11.5. The average Bonchev–Trinajstić information content (AvgIpc) is 3.10. The number of benzene rings is 1. The molecule has 16 heavy (non-hydrogen) atoms. The number of hydrogen-bond acceptors (Lipinski definition) is 2. The molecule has 0 N–H and O–H groups in total. The standard InChI is InChI=1S/C13H14ClNO/c1-2-7-15(11-4-5-11)13-6-3-10(9-16)8-12(13)14/h2-3,6,8-9,11H,1,4-5,7H2. The van der Waals surface area contributed by atoms with Crippen molar-refractivity contribution in [1.29, 1.82) is 0 Å². The van der Waals surface area contributed by atoms with E-state index in [-0.39, 0.29) is 0 Å². The highest BCUT2D eigenvalue weighted by atomic mass is 35.5. The summed E-state index contributed by atoms with van der Waals surface area (Å²) >= 11 is 6.18. The van der Waals surface area contributed by atoms with Crippen LogP contribution in [0.2, 0.25) is 5.02 Å². The predicted molar refractivity (Wildman–Crippen MR) is 67.4 cm³/mol. The fraction of sp³-hybridized carbons (Fsp3) is 0.308. The molecule has 0 aliphatic heterocycles. The molecule has 0 atom stereocenters. The second-order valence-electron chi connectivity index (χ2n) is 4.00. The van der Waals surface area contributed by atoms with Crippen molar-refractivity contribution < 1.29 is 4.79 Å². The van der Waals surface area contributed by atoms with Crippen LogP contribution in [0.1, 0.15) is 23.2 Å². The monoisotopic (exact) mass is 235 g/mol. The first-order valence-electron chi connectivity index (χ1n) is 5.38. The van der Waals surface area contributed by atoms with Gasteiger partial charge in [-0.15, -0.1) is 6.58 Å². The van der Waals surface area contributed by atoms with Crippen LogP contribution in [-0.4, -0.2) is 18.9 Å². The molecule has 1 aliphatic rings. The fourth-order valence-corrected chi connectivity index (χ4v) is 2.10. The van der Waals surface area contributed by atoms with E-state index in [0.717, 1.165) is 18.5 Å². The van der Waals surface area contributed by atoms with Gasteiger partial charge in [0, 0.05) is 18.2 Å². The van der Waals surface area contributed by atoms with Gasteiger partial charge in [0.2, 0.25) is 0 Å². The van der Waals surface area contributed by atoms with Gasteiger partial charge in [-0.2, -0.15) is 0 Å². The lowest BCUT2D eigenvalue weighted by Gasteiger charge is -2.24. The minimum atomic E-state index is 0.581. The van der Waals surface area contributed by atoms with Gasteiger partial charge in [0.05, 0.1) is 10.7 Å². The molecule has 0 bridgehead atoms. The normalized spacial score (nSPS) is 14.6. The second kappa shape index (κ2) is 4.71. The summed E-state index contributed by atoms with van der Waals surface area (Å²) in [6, 6.07) is 6.00. The van der Waals surface area contributed by atoms with Gasteiger partial charge in [0.15, 0.2) is 0 Å². The van der Waals surface area contributed by atoms with E-state index in [2.05, 4.69) is 11.5 Å². The van der Waals surface area contributed by atoms with E-state index >= 15 is 0 Å². The molecule has 1 aliphatic carbocycles. The summed E-state index contributed by atoms with van der Waals surface area (Å²) in [5.74, 6) is 0. The molecule has 1 fully saturated rings. The van der Waals surface area contributed by atoms with E-state index in [1.165, 1.54) is 12.8 Å². The van der Waals surface area contributed by atoms with Crippen LogP contribution in [-0.2, 0) is 0 Å². The highest BCUT2D eigenvalue weighted by Gasteiger charge is 2.29. The van der Waals surface area contributed by atoms with Crippen molar-refractivity contribution in [3.05, 3.63) is 41.4 Å². The van der Waals surface area contributed by atoms with Crippen LogP contribution in [0.4, 0.5) is 5.69 Å². The minimum absolute atomic E-state index is 0.581. The number of carbonyl (C=O) groups is 1. The molecule has 0 unspecified atom stereocenters. The van der Waals surface area contributed by atoms with Gasteiger partial charge in [-0.05, 0) is 31.0 Å². The number of carbonyl (C=O) groups excluding carboxylic acids is 1. The Morgan fingerprint density at radius 3 is 2.75 bits per heavy atom. The summed E-state index contributed by atoms with van der Waals surface area (Å²) in [6.45, 7) is 4.56. The molecule has 0 amide bonds. The van der Waals surface area contributed by atoms with Crippen molar-refractivity contribution in [1.82, 2.24) is 0 Å². The maximum atomic E-state index is 10.6. The zero-order valence-electron chi connectivity index (χ0n) is 9.03. The first-order valence-corrected chi connectivity index (χ1v) is 5.76. The van der Waals surface area contributed by atoms with Gasteiger partial charge in [-0.3, -0.25) is 4.79 Å². The Kier molecular flexibility index (Phi) is 3.30. The van der Waals surface area contributed by atoms with Crippen molar-refractivity contribution in [2.75, 3.05) is 11.4 Å². The van der Waals surface area contributed by atoms with Gasteiger partial charge in [0.1, 0.15) is 6.29 Å². The van der Waals surface area contributed by atoms with Gasteiger partial charge in [-0.1, -0.05) is 17.7 Å². The zero-order valence-corrected chi connectivity index (χ0v) is 9.78. The van der Waals surface area contributed by atoms with E-state index in [9.17, 15) is 4.79 Å². The topological polar surface area (TPSA) is 20.3 Å². The molecule has 1 saturated carbocycles. The molecule has 2 rings (SSSR count). The molecule has 0 saturated heterocycles. The van der Waals surface area contributed by atoms with Crippen molar-refractivity contribution >= 4 is 23.6 Å². The second-order valence-corrected chi connectivity index (χ2v) is 4.41. The van der Waals surface area contributed by atoms with Crippen LogP contribution in [0.25, 0.3) is 0 Å². The summed E-state index contributed by atoms with van der Waals surface area (Å²) in [5.41, 5.74) is 1.61. The molecule has 0 aromatic heterocycles. The van der Waals surface area contributed by atoms with Crippen LogP contribution in [0.15, 0.2) is 30.9 Å². The van der Waals surface area contributed by atoms with Crippen LogP contribution in [0.5, 0.6) is 0 Å². The SMILES string of the molecule is C=CCN(c1ccc(C=O)cc1Cl)C1CC1. The molecule has 0 heterocycles. The smallest absolute Gasteiger partial charge is 0.150 e. The van der Waals surface area contributed by atoms with Crippen molar-refractivity contribution in [2.45, 2.75) is 18.9 Å². The average molecular weight is 236 g/mol. The van der Waals surface area contributed by atoms with E-state index in [4.69, 9.17) is 11.6 Å². The van der Waals surface area contributed by atoms with Gasteiger partial charge < -0.3 is 4.90 Å². The Balaban J connectivity index is 2.29. The fourth-order valence-electron chi connectivity index (χ4n) is 1.80. The van der Waals surface area contributed by atoms with Crippen LogP contribution in [0, 0.1) is 0 Å². The minimum Gasteiger partial charge on any atom is -0.364 e. The first kappa shape index (κ1) is 11.2. The molecule has 2 nitrogen and oxygen atoms in total. The maximum absolute atomic E-state index is 10.6. The van der Waals surface area contributed by atoms with Gasteiger partial charge in [0.25, 0.3) is 0 Å². The lowest BCUT2D eigenvalue weighted by Crippen LogP contribution is -2.25. The lowest BCUT2D eigenvalue weighted by molar-refractivity contribution is 0.112. The maximum Gasteiger partial charge on any atom is 0.150 e. The molecule has 84 valence electrons.